The molecule has 0 spiro atoms. The van der Waals surface area contributed by atoms with Gasteiger partial charge < -0.3 is 10.2 Å². The van der Waals surface area contributed by atoms with Gasteiger partial charge in [-0.25, -0.2) is 0 Å². The van der Waals surface area contributed by atoms with E-state index in [0.29, 0.717) is 0 Å². The van der Waals surface area contributed by atoms with Crippen molar-refractivity contribution in [2.45, 2.75) is 12.8 Å². The fourth-order valence-electron chi connectivity index (χ4n) is 2.07. The second-order valence-corrected chi connectivity index (χ2v) is 4.99. The van der Waals surface area contributed by atoms with Gasteiger partial charge in [0, 0.05) is 6.07 Å². The van der Waals surface area contributed by atoms with Crippen molar-refractivity contribution in [1.82, 2.24) is 0 Å². The maximum atomic E-state index is 8.65. The molecular formula is C20H20O2. The summed E-state index contributed by atoms with van der Waals surface area (Å²) in [6.07, 6.45) is 2.26. The molecule has 0 bridgehead atoms. The van der Waals surface area contributed by atoms with Crippen molar-refractivity contribution in [3.8, 4) is 11.5 Å². The summed E-state index contributed by atoms with van der Waals surface area (Å²) in [5.74, 6) is 0.176. The molecule has 3 rings (SSSR count). The highest BCUT2D eigenvalue weighted by Crippen LogP contribution is 2.14. The molecule has 0 saturated heterocycles. The van der Waals surface area contributed by atoms with E-state index in [4.69, 9.17) is 10.2 Å². The fourth-order valence-corrected chi connectivity index (χ4v) is 2.07. The largest absolute Gasteiger partial charge is 0.508 e. The van der Waals surface area contributed by atoms with E-state index in [0.717, 1.165) is 12.8 Å². The number of aromatic hydroxyl groups is 2. The van der Waals surface area contributed by atoms with E-state index in [1.54, 1.807) is 6.07 Å². The third-order valence-electron chi connectivity index (χ3n) is 3.22. The second-order valence-electron chi connectivity index (χ2n) is 4.99. The van der Waals surface area contributed by atoms with Gasteiger partial charge in [0.2, 0.25) is 0 Å². The number of benzene rings is 3. The molecule has 2 N–H and O–H groups in total. The van der Waals surface area contributed by atoms with E-state index >= 15 is 0 Å². The smallest absolute Gasteiger partial charge is 0.119 e. The van der Waals surface area contributed by atoms with Crippen molar-refractivity contribution >= 4 is 0 Å². The van der Waals surface area contributed by atoms with Gasteiger partial charge in [-0.1, -0.05) is 66.7 Å². The number of aryl methyl sites for hydroxylation is 2. The molecule has 0 radical (unpaired) electrons. The van der Waals surface area contributed by atoms with Crippen molar-refractivity contribution < 1.29 is 10.2 Å². The van der Waals surface area contributed by atoms with Crippen LogP contribution in [0.15, 0.2) is 84.9 Å². The van der Waals surface area contributed by atoms with E-state index in [-0.39, 0.29) is 11.5 Å². The Morgan fingerprint density at radius 3 is 1.23 bits per heavy atom. The molecule has 0 unspecified atom stereocenters. The monoisotopic (exact) mass is 292 g/mol. The number of hydrogen-bond acceptors (Lipinski definition) is 2. The van der Waals surface area contributed by atoms with Crippen molar-refractivity contribution in [2.24, 2.45) is 0 Å². The van der Waals surface area contributed by atoms with Gasteiger partial charge in [0.25, 0.3) is 0 Å². The summed E-state index contributed by atoms with van der Waals surface area (Å²) in [6.45, 7) is 0. The van der Waals surface area contributed by atoms with Crippen molar-refractivity contribution in [3.63, 3.8) is 0 Å². The molecule has 3 aromatic rings. The minimum Gasteiger partial charge on any atom is -0.508 e. The third-order valence-corrected chi connectivity index (χ3v) is 3.22. The van der Waals surface area contributed by atoms with Crippen LogP contribution in [0.2, 0.25) is 0 Å². The van der Waals surface area contributed by atoms with Crippen LogP contribution < -0.4 is 0 Å². The lowest BCUT2D eigenvalue weighted by Crippen LogP contribution is -1.89. The Morgan fingerprint density at radius 1 is 0.500 bits per heavy atom. The van der Waals surface area contributed by atoms with Gasteiger partial charge in [-0.3, -0.25) is 0 Å². The predicted octanol–water partition coefficient (Wildman–Crippen LogP) is 4.57. The first-order valence-corrected chi connectivity index (χ1v) is 7.30. The highest BCUT2D eigenvalue weighted by Gasteiger charge is 1.93. The highest BCUT2D eigenvalue weighted by atomic mass is 16.3. The summed E-state index contributed by atoms with van der Waals surface area (Å²) in [4.78, 5) is 0. The molecule has 0 heterocycles. The molecule has 0 aliphatic rings. The molecule has 22 heavy (non-hydrogen) atoms. The average molecular weight is 292 g/mol. The van der Waals surface area contributed by atoms with Crippen LogP contribution in [0.3, 0.4) is 0 Å². The summed E-state index contributed by atoms with van der Waals surface area (Å²) in [5, 5.41) is 17.3. The van der Waals surface area contributed by atoms with E-state index in [1.165, 1.54) is 29.3 Å². The lowest BCUT2D eigenvalue weighted by molar-refractivity contribution is 0.450. The summed E-state index contributed by atoms with van der Waals surface area (Å²) in [6, 6.07) is 27.1. The van der Waals surface area contributed by atoms with Gasteiger partial charge in [0.15, 0.2) is 0 Å². The Morgan fingerprint density at radius 2 is 0.909 bits per heavy atom. The highest BCUT2D eigenvalue weighted by molar-refractivity contribution is 5.30. The van der Waals surface area contributed by atoms with E-state index in [1.807, 2.05) is 0 Å². The molecule has 2 nitrogen and oxygen atoms in total. The summed E-state index contributed by atoms with van der Waals surface area (Å²) < 4.78 is 0. The van der Waals surface area contributed by atoms with Crippen LogP contribution in [0.4, 0.5) is 0 Å². The molecule has 0 amide bonds. The van der Waals surface area contributed by atoms with Gasteiger partial charge in [0.1, 0.15) is 11.5 Å². The molecule has 3 aromatic carbocycles. The molecule has 0 aliphatic heterocycles. The van der Waals surface area contributed by atoms with Crippen LogP contribution in [0.5, 0.6) is 11.5 Å². The Kier molecular flexibility index (Phi) is 6.06. The molecule has 2 heteroatoms. The third kappa shape index (κ3) is 5.71. The van der Waals surface area contributed by atoms with Crippen LogP contribution in [-0.4, -0.2) is 10.2 Å². The van der Waals surface area contributed by atoms with Crippen LogP contribution in [-0.2, 0) is 12.8 Å². The Balaban J connectivity index is 0.000000188. The molecule has 112 valence electrons. The predicted molar refractivity (Wildman–Crippen MR) is 90.1 cm³/mol. The zero-order chi connectivity index (χ0) is 15.6. The quantitative estimate of drug-likeness (QED) is 0.742. The van der Waals surface area contributed by atoms with Gasteiger partial charge in [-0.15, -0.1) is 0 Å². The SMILES string of the molecule is Oc1cccc(O)c1.c1ccc(CCc2ccccc2)cc1. The van der Waals surface area contributed by atoms with Gasteiger partial charge >= 0.3 is 0 Å². The van der Waals surface area contributed by atoms with E-state index in [9.17, 15) is 0 Å². The Hall–Kier alpha value is -2.74. The number of hydrogen-bond donors (Lipinski definition) is 2. The maximum absolute atomic E-state index is 8.65. The fraction of sp³-hybridized carbons (Fsp3) is 0.100. The van der Waals surface area contributed by atoms with Crippen LogP contribution in [0.1, 0.15) is 11.1 Å². The number of rotatable bonds is 3. The first-order valence-electron chi connectivity index (χ1n) is 7.30. The van der Waals surface area contributed by atoms with Crippen LogP contribution >= 0.6 is 0 Å². The molecular weight excluding hydrogens is 272 g/mol. The summed E-state index contributed by atoms with van der Waals surface area (Å²) >= 11 is 0. The summed E-state index contributed by atoms with van der Waals surface area (Å²) in [7, 11) is 0. The zero-order valence-electron chi connectivity index (χ0n) is 12.4. The van der Waals surface area contributed by atoms with Gasteiger partial charge in [-0.05, 0) is 36.1 Å². The van der Waals surface area contributed by atoms with E-state index in [2.05, 4.69) is 60.7 Å². The zero-order valence-corrected chi connectivity index (χ0v) is 12.4. The average Bonchev–Trinajstić information content (AvgIpc) is 2.55. The van der Waals surface area contributed by atoms with Gasteiger partial charge in [0.05, 0.1) is 0 Å². The van der Waals surface area contributed by atoms with Crippen molar-refractivity contribution in [2.75, 3.05) is 0 Å². The Labute approximate surface area is 131 Å². The second kappa shape index (κ2) is 8.53. The topological polar surface area (TPSA) is 40.5 Å². The molecule has 0 aromatic heterocycles. The molecule has 0 fully saturated rings. The number of phenolic OH excluding ortho intramolecular Hbond substituents is 2. The molecule has 0 saturated carbocycles. The van der Waals surface area contributed by atoms with Crippen LogP contribution in [0, 0.1) is 0 Å². The minimum atomic E-state index is 0.0880. The summed E-state index contributed by atoms with van der Waals surface area (Å²) in [5.41, 5.74) is 2.83. The normalized spacial score (nSPS) is 9.64. The minimum absolute atomic E-state index is 0.0880. The van der Waals surface area contributed by atoms with Crippen molar-refractivity contribution in [1.29, 1.82) is 0 Å². The molecule has 0 atom stereocenters. The lowest BCUT2D eigenvalue weighted by atomic mass is 10.0. The first kappa shape index (κ1) is 15.6. The maximum Gasteiger partial charge on any atom is 0.119 e. The van der Waals surface area contributed by atoms with Gasteiger partial charge in [-0.2, -0.15) is 0 Å². The number of phenols is 2. The van der Waals surface area contributed by atoms with Crippen LogP contribution in [0.25, 0.3) is 0 Å². The Bertz CT molecular complexity index is 607. The first-order chi connectivity index (χ1) is 10.7. The van der Waals surface area contributed by atoms with Crippen molar-refractivity contribution in [3.05, 3.63) is 96.1 Å². The standard InChI is InChI=1S/C14H14.C6H6O2/c1-3-7-13(8-4-1)11-12-14-9-5-2-6-10-14;7-5-2-1-3-6(8)4-5/h1-10H,11-12H2;1-4,7-8H. The van der Waals surface area contributed by atoms with E-state index < -0.39 is 0 Å². The lowest BCUT2D eigenvalue weighted by Gasteiger charge is -2.01. The molecule has 0 aliphatic carbocycles.